The van der Waals surface area contributed by atoms with Gasteiger partial charge in [0, 0.05) is 25.7 Å². The van der Waals surface area contributed by atoms with E-state index in [2.05, 4.69) is 0 Å². The molecule has 1 heterocycles. The number of rotatable bonds is 4. The van der Waals surface area contributed by atoms with Gasteiger partial charge in [-0.15, -0.1) is 12.4 Å². The topological polar surface area (TPSA) is 66.6 Å². The molecule has 2 rings (SSSR count). The molecule has 0 spiro atoms. The first-order valence-corrected chi connectivity index (χ1v) is 7.83. The van der Waals surface area contributed by atoms with Gasteiger partial charge >= 0.3 is 0 Å². The predicted molar refractivity (Wildman–Crippen MR) is 82.4 cm³/mol. The molecule has 1 aromatic rings. The minimum Gasteiger partial charge on any atom is -0.326 e. The Bertz CT molecular complexity index is 531. The van der Waals surface area contributed by atoms with Crippen LogP contribution in [0.4, 0.5) is 0 Å². The molecule has 1 atom stereocenters. The van der Waals surface area contributed by atoms with Gasteiger partial charge < -0.3 is 10.6 Å². The maximum atomic E-state index is 12.4. The first-order valence-electron chi connectivity index (χ1n) is 6.39. The lowest BCUT2D eigenvalue weighted by Crippen LogP contribution is -2.31. The molecule has 7 heteroatoms. The van der Waals surface area contributed by atoms with E-state index < -0.39 is 10.0 Å². The lowest BCUT2D eigenvalue weighted by molar-refractivity contribution is 0.402. The Hall–Kier alpha value is -0.660. The lowest BCUT2D eigenvalue weighted by Gasteiger charge is -2.16. The van der Waals surface area contributed by atoms with E-state index in [-0.39, 0.29) is 18.4 Å². The molecule has 0 amide bonds. The summed E-state index contributed by atoms with van der Waals surface area (Å²) in [4.78, 5) is 2.40. The number of nitrogens with zero attached hydrogens (tertiary/aromatic N) is 2. The van der Waals surface area contributed by atoms with Crippen LogP contribution in [0.15, 0.2) is 29.2 Å². The molecular formula is C13H22ClN3O2S. The van der Waals surface area contributed by atoms with Crippen molar-refractivity contribution in [3.8, 4) is 0 Å². The molecule has 1 fully saturated rings. The molecule has 0 radical (unpaired) electrons. The fraction of sp³-hybridized carbons (Fsp3) is 0.538. The summed E-state index contributed by atoms with van der Waals surface area (Å²) in [5.74, 6) is 0. The molecular weight excluding hydrogens is 298 g/mol. The van der Waals surface area contributed by atoms with Crippen LogP contribution in [0.5, 0.6) is 0 Å². The minimum absolute atomic E-state index is 0. The Morgan fingerprint density at radius 3 is 2.35 bits per heavy atom. The van der Waals surface area contributed by atoms with Gasteiger partial charge in [0.15, 0.2) is 0 Å². The van der Waals surface area contributed by atoms with Crippen LogP contribution in [0.3, 0.4) is 0 Å². The van der Waals surface area contributed by atoms with E-state index in [1.54, 1.807) is 12.1 Å². The van der Waals surface area contributed by atoms with E-state index in [9.17, 15) is 8.42 Å². The van der Waals surface area contributed by atoms with Crippen molar-refractivity contribution < 1.29 is 8.42 Å². The largest absolute Gasteiger partial charge is 0.326 e. The van der Waals surface area contributed by atoms with E-state index in [0.717, 1.165) is 18.5 Å². The maximum absolute atomic E-state index is 12.4. The quantitative estimate of drug-likeness (QED) is 0.895. The van der Waals surface area contributed by atoms with Crippen LogP contribution in [0.2, 0.25) is 0 Å². The third kappa shape index (κ3) is 3.93. The second kappa shape index (κ2) is 6.87. The second-order valence-corrected chi connectivity index (χ2v) is 7.23. The summed E-state index contributed by atoms with van der Waals surface area (Å²) in [5.41, 5.74) is 6.87. The standard InChI is InChI=1S/C13H21N3O2S.ClH/c1-15(2)9-11-3-5-13(6-4-11)19(17,18)16-8-7-12(14)10-16;/h3-6,12H,7-10,14H2,1-2H3;1H. The van der Waals surface area contributed by atoms with Crippen LogP contribution in [-0.4, -0.2) is 50.8 Å². The van der Waals surface area contributed by atoms with Crippen LogP contribution < -0.4 is 5.73 Å². The molecule has 1 aliphatic heterocycles. The average molecular weight is 320 g/mol. The number of hydrogen-bond acceptors (Lipinski definition) is 4. The summed E-state index contributed by atoms with van der Waals surface area (Å²) in [6.45, 7) is 1.74. The highest BCUT2D eigenvalue weighted by atomic mass is 35.5. The van der Waals surface area contributed by atoms with Crippen LogP contribution >= 0.6 is 12.4 Å². The smallest absolute Gasteiger partial charge is 0.243 e. The van der Waals surface area contributed by atoms with E-state index >= 15 is 0 Å². The van der Waals surface area contributed by atoms with Gasteiger partial charge in [0.05, 0.1) is 4.90 Å². The molecule has 114 valence electrons. The number of nitrogens with two attached hydrogens (primary N) is 1. The lowest BCUT2D eigenvalue weighted by atomic mass is 10.2. The van der Waals surface area contributed by atoms with Crippen molar-refractivity contribution >= 4 is 22.4 Å². The van der Waals surface area contributed by atoms with Crippen LogP contribution in [0.1, 0.15) is 12.0 Å². The van der Waals surface area contributed by atoms with Crippen molar-refractivity contribution in [3.05, 3.63) is 29.8 Å². The number of sulfonamides is 1. The van der Waals surface area contributed by atoms with Crippen molar-refractivity contribution in [2.75, 3.05) is 27.2 Å². The third-order valence-electron chi connectivity index (χ3n) is 3.25. The summed E-state index contributed by atoms with van der Waals surface area (Å²) >= 11 is 0. The third-order valence-corrected chi connectivity index (χ3v) is 5.13. The molecule has 0 saturated carbocycles. The van der Waals surface area contributed by atoms with Crippen molar-refractivity contribution in [3.63, 3.8) is 0 Å². The summed E-state index contributed by atoms with van der Waals surface area (Å²) in [6.07, 6.45) is 0.734. The summed E-state index contributed by atoms with van der Waals surface area (Å²) in [6, 6.07) is 7.05. The zero-order valence-electron chi connectivity index (χ0n) is 11.8. The normalized spacial score (nSPS) is 20.1. The molecule has 5 nitrogen and oxygen atoms in total. The van der Waals surface area contributed by atoms with Gasteiger partial charge in [0.2, 0.25) is 10.0 Å². The number of halogens is 1. The van der Waals surface area contributed by atoms with Gasteiger partial charge in [-0.05, 0) is 38.2 Å². The van der Waals surface area contributed by atoms with E-state index in [4.69, 9.17) is 5.73 Å². The molecule has 1 unspecified atom stereocenters. The summed E-state index contributed by atoms with van der Waals surface area (Å²) < 4.78 is 26.2. The molecule has 1 aliphatic rings. The zero-order valence-corrected chi connectivity index (χ0v) is 13.5. The minimum atomic E-state index is -3.38. The highest BCUT2D eigenvalue weighted by Gasteiger charge is 2.30. The molecule has 1 aromatic carbocycles. The first-order chi connectivity index (χ1) is 8.89. The van der Waals surface area contributed by atoms with Gasteiger partial charge in [0.1, 0.15) is 0 Å². The Labute approximate surface area is 127 Å². The molecule has 1 saturated heterocycles. The van der Waals surface area contributed by atoms with Crippen LogP contribution in [-0.2, 0) is 16.6 Å². The zero-order chi connectivity index (χ0) is 14.0. The Morgan fingerprint density at radius 1 is 1.30 bits per heavy atom. The van der Waals surface area contributed by atoms with Crippen molar-refractivity contribution in [1.29, 1.82) is 0 Å². The first kappa shape index (κ1) is 17.4. The van der Waals surface area contributed by atoms with E-state index in [1.165, 1.54) is 4.31 Å². The Morgan fingerprint density at radius 2 is 1.90 bits per heavy atom. The predicted octanol–water partition coefficient (Wildman–Crippen LogP) is 0.892. The Balaban J connectivity index is 0.00000200. The fourth-order valence-electron chi connectivity index (χ4n) is 2.25. The fourth-order valence-corrected chi connectivity index (χ4v) is 3.76. The molecule has 0 aromatic heterocycles. The number of hydrogen-bond donors (Lipinski definition) is 1. The molecule has 2 N–H and O–H groups in total. The van der Waals surface area contributed by atoms with Gasteiger partial charge in [-0.2, -0.15) is 4.31 Å². The van der Waals surface area contributed by atoms with Crippen molar-refractivity contribution in [2.45, 2.75) is 23.9 Å². The van der Waals surface area contributed by atoms with Gasteiger partial charge in [-0.3, -0.25) is 0 Å². The van der Waals surface area contributed by atoms with Crippen LogP contribution in [0, 0.1) is 0 Å². The summed E-state index contributed by atoms with van der Waals surface area (Å²) in [7, 11) is 0.588. The van der Waals surface area contributed by atoms with Gasteiger partial charge in [-0.25, -0.2) is 8.42 Å². The highest BCUT2D eigenvalue weighted by molar-refractivity contribution is 7.89. The Kier molecular flexibility index (Phi) is 5.97. The van der Waals surface area contributed by atoms with Gasteiger partial charge in [0.25, 0.3) is 0 Å². The highest BCUT2D eigenvalue weighted by Crippen LogP contribution is 2.20. The molecule has 0 aliphatic carbocycles. The van der Waals surface area contributed by atoms with E-state index in [0.29, 0.717) is 18.0 Å². The SMILES string of the molecule is CN(C)Cc1ccc(S(=O)(=O)N2CCC(N)C2)cc1.Cl. The molecule has 20 heavy (non-hydrogen) atoms. The molecule has 0 bridgehead atoms. The van der Waals surface area contributed by atoms with Crippen LogP contribution in [0.25, 0.3) is 0 Å². The average Bonchev–Trinajstić information content (AvgIpc) is 2.76. The van der Waals surface area contributed by atoms with E-state index in [1.807, 2.05) is 31.1 Å². The second-order valence-electron chi connectivity index (χ2n) is 5.29. The van der Waals surface area contributed by atoms with Gasteiger partial charge in [-0.1, -0.05) is 12.1 Å². The monoisotopic (exact) mass is 319 g/mol. The van der Waals surface area contributed by atoms with Crippen molar-refractivity contribution in [2.24, 2.45) is 5.73 Å². The maximum Gasteiger partial charge on any atom is 0.243 e. The summed E-state index contributed by atoms with van der Waals surface area (Å²) in [5, 5.41) is 0. The van der Waals surface area contributed by atoms with Crippen molar-refractivity contribution in [1.82, 2.24) is 9.21 Å². The number of benzene rings is 1.